The van der Waals surface area contributed by atoms with Crippen LogP contribution in [0.3, 0.4) is 0 Å². The van der Waals surface area contributed by atoms with Crippen LogP contribution in [0.15, 0.2) is 42.6 Å². The van der Waals surface area contributed by atoms with Gasteiger partial charge in [0.1, 0.15) is 11.6 Å². The van der Waals surface area contributed by atoms with Crippen molar-refractivity contribution in [1.82, 2.24) is 4.98 Å². The first kappa shape index (κ1) is 19.1. The van der Waals surface area contributed by atoms with E-state index in [1.165, 1.54) is 0 Å². The normalized spacial score (nSPS) is 10.4. The molecule has 6 heteroatoms. The van der Waals surface area contributed by atoms with Gasteiger partial charge in [-0.05, 0) is 49.2 Å². The minimum absolute atomic E-state index is 0.0683. The number of anilines is 2. The Labute approximate surface area is 154 Å². The smallest absolute Gasteiger partial charge is 0.262 e. The van der Waals surface area contributed by atoms with Crippen LogP contribution >= 0.6 is 11.6 Å². The minimum Gasteiger partial charge on any atom is -0.484 e. The number of ether oxygens (including phenoxy) is 1. The van der Waals surface area contributed by atoms with E-state index in [4.69, 9.17) is 16.3 Å². The highest BCUT2D eigenvalue weighted by Gasteiger charge is 2.08. The van der Waals surface area contributed by atoms with Gasteiger partial charge in [-0.25, -0.2) is 4.98 Å². The van der Waals surface area contributed by atoms with Crippen LogP contribution in [0.2, 0.25) is 5.02 Å². The van der Waals surface area contributed by atoms with Gasteiger partial charge in [-0.1, -0.05) is 25.4 Å². The number of halogens is 1. The van der Waals surface area contributed by atoms with E-state index in [1.807, 2.05) is 12.1 Å². The average molecular weight is 362 g/mol. The van der Waals surface area contributed by atoms with Gasteiger partial charge in [0.15, 0.2) is 6.61 Å². The lowest BCUT2D eigenvalue weighted by Gasteiger charge is -2.22. The third-order valence-corrected chi connectivity index (χ3v) is 3.78. The molecule has 0 unspecified atom stereocenters. The van der Waals surface area contributed by atoms with Crippen molar-refractivity contribution in [2.24, 2.45) is 0 Å². The highest BCUT2D eigenvalue weighted by atomic mass is 35.5. The standard InChI is InChI=1S/C19H24ClN3O2/c1-3-11-23(12-4-2)18-10-7-16(13-21-18)22-19(24)14-25-17-8-5-15(20)6-9-17/h5-10,13H,3-4,11-12,14H2,1-2H3,(H,22,24). The summed E-state index contributed by atoms with van der Waals surface area (Å²) in [5, 5.41) is 3.41. The SMILES string of the molecule is CCCN(CCC)c1ccc(NC(=O)COc2ccc(Cl)cc2)cn1. The number of amides is 1. The van der Waals surface area contributed by atoms with Crippen LogP contribution in [0, 0.1) is 0 Å². The number of benzene rings is 1. The van der Waals surface area contributed by atoms with Crippen LogP contribution in [0.1, 0.15) is 26.7 Å². The largest absolute Gasteiger partial charge is 0.484 e. The van der Waals surface area contributed by atoms with Crippen LogP contribution in [0.4, 0.5) is 11.5 Å². The third-order valence-electron chi connectivity index (χ3n) is 3.53. The Bertz CT molecular complexity index is 653. The first-order valence-corrected chi connectivity index (χ1v) is 8.89. The molecule has 0 atom stereocenters. The molecule has 1 aromatic carbocycles. The monoisotopic (exact) mass is 361 g/mol. The Balaban J connectivity index is 1.87. The Kier molecular flexibility index (Phi) is 7.54. The van der Waals surface area contributed by atoms with Crippen molar-refractivity contribution in [3.63, 3.8) is 0 Å². The lowest BCUT2D eigenvalue weighted by molar-refractivity contribution is -0.118. The van der Waals surface area contributed by atoms with Gasteiger partial charge < -0.3 is 15.0 Å². The molecule has 0 saturated heterocycles. The Morgan fingerprint density at radius 2 is 1.80 bits per heavy atom. The number of nitrogens with one attached hydrogen (secondary N) is 1. The fraction of sp³-hybridized carbons (Fsp3) is 0.368. The van der Waals surface area contributed by atoms with Gasteiger partial charge in [0.2, 0.25) is 0 Å². The summed E-state index contributed by atoms with van der Waals surface area (Å²) in [5.74, 6) is 1.30. The fourth-order valence-corrected chi connectivity index (χ4v) is 2.53. The first-order valence-electron chi connectivity index (χ1n) is 8.51. The van der Waals surface area contributed by atoms with Gasteiger partial charge in [0.05, 0.1) is 11.9 Å². The molecule has 2 rings (SSSR count). The summed E-state index contributed by atoms with van der Waals surface area (Å²) in [5.41, 5.74) is 0.654. The van der Waals surface area contributed by atoms with E-state index in [2.05, 4.69) is 29.0 Å². The number of carbonyl (C=O) groups is 1. The molecule has 0 radical (unpaired) electrons. The van der Waals surface area contributed by atoms with E-state index in [-0.39, 0.29) is 12.5 Å². The summed E-state index contributed by atoms with van der Waals surface area (Å²) < 4.78 is 5.42. The second-order valence-corrected chi connectivity index (χ2v) is 6.12. The number of nitrogens with zero attached hydrogens (tertiary/aromatic N) is 2. The highest BCUT2D eigenvalue weighted by Crippen LogP contribution is 2.17. The lowest BCUT2D eigenvalue weighted by atomic mass is 10.3. The van der Waals surface area contributed by atoms with E-state index in [1.54, 1.807) is 30.5 Å². The number of hydrogen-bond donors (Lipinski definition) is 1. The van der Waals surface area contributed by atoms with Crippen LogP contribution in [-0.4, -0.2) is 30.6 Å². The Morgan fingerprint density at radius 1 is 1.12 bits per heavy atom. The number of aromatic nitrogens is 1. The molecule has 0 aliphatic heterocycles. The highest BCUT2D eigenvalue weighted by molar-refractivity contribution is 6.30. The number of carbonyl (C=O) groups excluding carboxylic acids is 1. The van der Waals surface area contributed by atoms with Crippen LogP contribution < -0.4 is 15.0 Å². The molecule has 134 valence electrons. The number of pyridine rings is 1. The molecule has 0 aliphatic rings. The maximum atomic E-state index is 12.0. The molecule has 0 saturated carbocycles. The summed E-state index contributed by atoms with van der Waals surface area (Å²) in [6.07, 6.45) is 3.82. The van der Waals surface area contributed by atoms with Crippen LogP contribution in [-0.2, 0) is 4.79 Å². The zero-order chi connectivity index (χ0) is 18.1. The maximum Gasteiger partial charge on any atom is 0.262 e. The van der Waals surface area contributed by atoms with E-state index in [0.29, 0.717) is 16.5 Å². The molecular formula is C19H24ClN3O2. The summed E-state index contributed by atoms with van der Waals surface area (Å²) in [7, 11) is 0. The predicted molar refractivity (Wildman–Crippen MR) is 103 cm³/mol. The molecule has 25 heavy (non-hydrogen) atoms. The van der Waals surface area contributed by atoms with Crippen LogP contribution in [0.25, 0.3) is 0 Å². The maximum absolute atomic E-state index is 12.0. The third kappa shape index (κ3) is 6.27. The zero-order valence-electron chi connectivity index (χ0n) is 14.7. The minimum atomic E-state index is -0.233. The molecule has 0 spiro atoms. The Hall–Kier alpha value is -2.27. The molecule has 1 aromatic heterocycles. The molecular weight excluding hydrogens is 338 g/mol. The summed E-state index contributed by atoms with van der Waals surface area (Å²) in [6.45, 7) is 6.18. The van der Waals surface area contributed by atoms with Crippen molar-refractivity contribution in [2.45, 2.75) is 26.7 Å². The fourth-order valence-electron chi connectivity index (χ4n) is 2.40. The molecule has 1 amide bonds. The molecule has 2 aromatic rings. The van der Waals surface area contributed by atoms with Crippen LogP contribution in [0.5, 0.6) is 5.75 Å². The van der Waals surface area contributed by atoms with Gasteiger partial charge in [-0.15, -0.1) is 0 Å². The van der Waals surface area contributed by atoms with Gasteiger partial charge in [-0.2, -0.15) is 0 Å². The Morgan fingerprint density at radius 3 is 2.36 bits per heavy atom. The van der Waals surface area contributed by atoms with E-state index >= 15 is 0 Å². The van der Waals surface area contributed by atoms with Crippen molar-refractivity contribution in [2.75, 3.05) is 29.9 Å². The van der Waals surface area contributed by atoms with Crippen molar-refractivity contribution >= 4 is 29.0 Å². The molecule has 0 fully saturated rings. The topological polar surface area (TPSA) is 54.5 Å². The second-order valence-electron chi connectivity index (χ2n) is 5.68. The van der Waals surface area contributed by atoms with Crippen molar-refractivity contribution in [1.29, 1.82) is 0 Å². The average Bonchev–Trinajstić information content (AvgIpc) is 2.62. The van der Waals surface area contributed by atoms with Gasteiger partial charge in [0.25, 0.3) is 5.91 Å². The van der Waals surface area contributed by atoms with E-state index in [0.717, 1.165) is 31.7 Å². The summed E-state index contributed by atoms with van der Waals surface area (Å²) in [6, 6.07) is 10.7. The molecule has 0 bridgehead atoms. The predicted octanol–water partition coefficient (Wildman–Crippen LogP) is 4.38. The summed E-state index contributed by atoms with van der Waals surface area (Å²) in [4.78, 5) is 18.7. The van der Waals surface area contributed by atoms with Crippen molar-refractivity contribution < 1.29 is 9.53 Å². The number of hydrogen-bond acceptors (Lipinski definition) is 4. The van der Waals surface area contributed by atoms with Gasteiger partial charge >= 0.3 is 0 Å². The van der Waals surface area contributed by atoms with Gasteiger partial charge in [-0.3, -0.25) is 4.79 Å². The molecule has 1 heterocycles. The first-order chi connectivity index (χ1) is 12.1. The molecule has 5 nitrogen and oxygen atoms in total. The second kappa shape index (κ2) is 9.89. The quantitative estimate of drug-likeness (QED) is 0.720. The molecule has 1 N–H and O–H groups in total. The van der Waals surface area contributed by atoms with Crippen molar-refractivity contribution in [3.05, 3.63) is 47.6 Å². The van der Waals surface area contributed by atoms with E-state index < -0.39 is 0 Å². The lowest BCUT2D eigenvalue weighted by Crippen LogP contribution is -2.26. The van der Waals surface area contributed by atoms with E-state index in [9.17, 15) is 4.79 Å². The molecule has 0 aliphatic carbocycles. The van der Waals surface area contributed by atoms with Gasteiger partial charge in [0, 0.05) is 18.1 Å². The number of rotatable bonds is 9. The van der Waals surface area contributed by atoms with Crippen molar-refractivity contribution in [3.8, 4) is 5.75 Å². The summed E-state index contributed by atoms with van der Waals surface area (Å²) >= 11 is 5.81. The zero-order valence-corrected chi connectivity index (χ0v) is 15.4.